The maximum atomic E-state index is 13.4. The zero-order valence-electron chi connectivity index (χ0n) is 16.1. The summed E-state index contributed by atoms with van der Waals surface area (Å²) in [6.07, 6.45) is 2.19. The minimum absolute atomic E-state index is 0.0402. The van der Waals surface area contributed by atoms with E-state index in [2.05, 4.69) is 5.32 Å². The third-order valence-electron chi connectivity index (χ3n) is 5.24. The van der Waals surface area contributed by atoms with E-state index in [-0.39, 0.29) is 36.4 Å². The molecule has 7 heteroatoms. The minimum Gasteiger partial charge on any atom is -0.395 e. The molecule has 2 aromatic rings. The summed E-state index contributed by atoms with van der Waals surface area (Å²) >= 11 is 0. The van der Waals surface area contributed by atoms with Crippen LogP contribution in [0.4, 0.5) is 5.69 Å². The van der Waals surface area contributed by atoms with Gasteiger partial charge in [-0.1, -0.05) is 38.5 Å². The molecule has 148 valence electrons. The number of nitrogens with one attached hydrogen (secondary N) is 1. The number of para-hydroxylation sites is 1. The summed E-state index contributed by atoms with van der Waals surface area (Å²) in [7, 11) is 0. The number of carbonyl (C=O) groups excluding carboxylic acids is 2. The number of hydrogen-bond donors (Lipinski definition) is 2. The van der Waals surface area contributed by atoms with Crippen molar-refractivity contribution in [2.24, 2.45) is 5.92 Å². The number of aromatic nitrogens is 1. The van der Waals surface area contributed by atoms with Crippen LogP contribution in [-0.4, -0.2) is 39.0 Å². The standard InChI is InChI=1S/C21H25N3O4/c1-3-14(2)19-20(27)22-17-7-5-4-6-15(17)13-24(19)21(28)16-8-9-18(26)23(12-16)10-11-25/h4-9,12,14,19,25H,3,10-11,13H2,1-2H3,(H,22,27)/t14-,19-/m0/s1. The van der Waals surface area contributed by atoms with Crippen LogP contribution in [0.3, 0.4) is 0 Å². The van der Waals surface area contributed by atoms with Crippen LogP contribution in [0.5, 0.6) is 0 Å². The highest BCUT2D eigenvalue weighted by molar-refractivity contribution is 6.02. The SMILES string of the molecule is CC[C@H](C)[C@H]1C(=O)Nc2ccccc2CN1C(=O)c1ccc(=O)n(CCO)c1. The molecule has 0 fully saturated rings. The molecular weight excluding hydrogens is 358 g/mol. The first-order valence-corrected chi connectivity index (χ1v) is 9.47. The molecule has 1 aromatic heterocycles. The Morgan fingerprint density at radius 1 is 1.25 bits per heavy atom. The van der Waals surface area contributed by atoms with E-state index in [1.165, 1.54) is 22.9 Å². The Balaban J connectivity index is 2.04. The second-order valence-corrected chi connectivity index (χ2v) is 7.08. The van der Waals surface area contributed by atoms with Gasteiger partial charge in [-0.3, -0.25) is 14.4 Å². The van der Waals surface area contributed by atoms with Gasteiger partial charge in [0.1, 0.15) is 6.04 Å². The van der Waals surface area contributed by atoms with Crippen molar-refractivity contribution in [3.05, 3.63) is 64.1 Å². The molecule has 7 nitrogen and oxygen atoms in total. The fourth-order valence-corrected chi connectivity index (χ4v) is 3.50. The van der Waals surface area contributed by atoms with Crippen LogP contribution in [0.2, 0.25) is 0 Å². The molecule has 0 saturated carbocycles. The van der Waals surface area contributed by atoms with Gasteiger partial charge in [0.2, 0.25) is 5.91 Å². The first kappa shape index (κ1) is 19.8. The Hall–Kier alpha value is -2.93. The number of nitrogens with zero attached hydrogens (tertiary/aromatic N) is 2. The van der Waals surface area contributed by atoms with Crippen LogP contribution < -0.4 is 10.9 Å². The maximum Gasteiger partial charge on any atom is 0.256 e. The summed E-state index contributed by atoms with van der Waals surface area (Å²) in [4.78, 5) is 39.8. The number of aliphatic hydroxyl groups excluding tert-OH is 1. The van der Waals surface area contributed by atoms with E-state index in [9.17, 15) is 14.4 Å². The zero-order chi connectivity index (χ0) is 20.3. The van der Waals surface area contributed by atoms with Crippen molar-refractivity contribution in [1.82, 2.24) is 9.47 Å². The number of anilines is 1. The second kappa shape index (κ2) is 8.39. The fraction of sp³-hybridized carbons (Fsp3) is 0.381. The Morgan fingerprint density at radius 2 is 2.00 bits per heavy atom. The molecule has 0 bridgehead atoms. The van der Waals surface area contributed by atoms with Crippen molar-refractivity contribution in [2.75, 3.05) is 11.9 Å². The lowest BCUT2D eigenvalue weighted by Gasteiger charge is -2.32. The first-order chi connectivity index (χ1) is 13.5. The van der Waals surface area contributed by atoms with Gasteiger partial charge in [0.05, 0.1) is 12.2 Å². The topological polar surface area (TPSA) is 91.6 Å². The van der Waals surface area contributed by atoms with Crippen molar-refractivity contribution in [3.8, 4) is 0 Å². The Kier molecular flexibility index (Phi) is 5.94. The van der Waals surface area contributed by atoms with E-state index >= 15 is 0 Å². The monoisotopic (exact) mass is 383 g/mol. The lowest BCUT2D eigenvalue weighted by molar-refractivity contribution is -0.122. The van der Waals surface area contributed by atoms with Gasteiger partial charge in [-0.2, -0.15) is 0 Å². The molecule has 1 aliphatic rings. The van der Waals surface area contributed by atoms with Gasteiger partial charge in [-0.05, 0) is 23.6 Å². The molecule has 0 saturated heterocycles. The molecule has 28 heavy (non-hydrogen) atoms. The zero-order valence-corrected chi connectivity index (χ0v) is 16.1. The fourth-order valence-electron chi connectivity index (χ4n) is 3.50. The van der Waals surface area contributed by atoms with Crippen molar-refractivity contribution >= 4 is 17.5 Å². The number of carbonyl (C=O) groups is 2. The number of hydrogen-bond acceptors (Lipinski definition) is 4. The molecule has 3 rings (SSSR count). The summed E-state index contributed by atoms with van der Waals surface area (Å²) in [5.74, 6) is -0.568. The van der Waals surface area contributed by atoms with E-state index in [1.54, 1.807) is 4.90 Å². The summed E-state index contributed by atoms with van der Waals surface area (Å²) in [5, 5.41) is 12.1. The Morgan fingerprint density at radius 3 is 2.71 bits per heavy atom. The molecule has 0 unspecified atom stereocenters. The van der Waals surface area contributed by atoms with Crippen LogP contribution in [0, 0.1) is 5.92 Å². The predicted molar refractivity (Wildman–Crippen MR) is 106 cm³/mol. The van der Waals surface area contributed by atoms with E-state index in [1.807, 2.05) is 38.1 Å². The Bertz CT molecular complexity index is 937. The number of rotatable bonds is 5. The van der Waals surface area contributed by atoms with Crippen molar-refractivity contribution in [2.45, 2.75) is 39.4 Å². The average molecular weight is 383 g/mol. The average Bonchev–Trinajstić information content (AvgIpc) is 2.84. The highest BCUT2D eigenvalue weighted by atomic mass is 16.3. The number of benzene rings is 1. The van der Waals surface area contributed by atoms with Crippen LogP contribution in [-0.2, 0) is 17.9 Å². The van der Waals surface area contributed by atoms with Gasteiger partial charge in [-0.15, -0.1) is 0 Å². The predicted octanol–water partition coefficient (Wildman–Crippen LogP) is 1.85. The minimum atomic E-state index is -0.622. The third kappa shape index (κ3) is 3.84. The van der Waals surface area contributed by atoms with E-state index in [0.29, 0.717) is 17.8 Å². The summed E-state index contributed by atoms with van der Waals surface area (Å²) < 4.78 is 1.30. The lowest BCUT2D eigenvalue weighted by Crippen LogP contribution is -2.49. The first-order valence-electron chi connectivity index (χ1n) is 9.47. The highest BCUT2D eigenvalue weighted by Crippen LogP contribution is 2.28. The van der Waals surface area contributed by atoms with Gasteiger partial charge in [0.25, 0.3) is 11.5 Å². The summed E-state index contributed by atoms with van der Waals surface area (Å²) in [6.45, 7) is 4.14. The largest absolute Gasteiger partial charge is 0.395 e. The van der Waals surface area contributed by atoms with Gasteiger partial charge >= 0.3 is 0 Å². The smallest absolute Gasteiger partial charge is 0.256 e. The van der Waals surface area contributed by atoms with Crippen molar-refractivity contribution in [1.29, 1.82) is 0 Å². The van der Waals surface area contributed by atoms with Crippen molar-refractivity contribution in [3.63, 3.8) is 0 Å². The normalized spacial score (nSPS) is 17.5. The molecule has 0 spiro atoms. The molecule has 2 heterocycles. The van der Waals surface area contributed by atoms with Crippen LogP contribution in [0.25, 0.3) is 0 Å². The summed E-state index contributed by atoms with van der Waals surface area (Å²) in [6, 6.07) is 9.60. The van der Waals surface area contributed by atoms with Gasteiger partial charge in [0, 0.05) is 31.0 Å². The van der Waals surface area contributed by atoms with E-state index in [4.69, 9.17) is 5.11 Å². The van der Waals surface area contributed by atoms with Crippen LogP contribution in [0.15, 0.2) is 47.4 Å². The highest BCUT2D eigenvalue weighted by Gasteiger charge is 2.37. The van der Waals surface area contributed by atoms with Gasteiger partial charge in [0.15, 0.2) is 0 Å². The van der Waals surface area contributed by atoms with Crippen molar-refractivity contribution < 1.29 is 14.7 Å². The molecule has 1 aromatic carbocycles. The van der Waals surface area contributed by atoms with Crippen LogP contribution in [0.1, 0.15) is 36.2 Å². The molecule has 0 aliphatic carbocycles. The van der Waals surface area contributed by atoms with Gasteiger partial charge < -0.3 is 19.9 Å². The van der Waals surface area contributed by atoms with E-state index < -0.39 is 6.04 Å². The Labute approximate surface area is 163 Å². The number of aliphatic hydroxyl groups is 1. The quantitative estimate of drug-likeness (QED) is 0.824. The van der Waals surface area contributed by atoms with Crippen LogP contribution >= 0.6 is 0 Å². The van der Waals surface area contributed by atoms with E-state index in [0.717, 1.165) is 12.0 Å². The molecule has 2 N–H and O–H groups in total. The number of pyridine rings is 1. The number of amides is 2. The van der Waals surface area contributed by atoms with Gasteiger partial charge in [-0.25, -0.2) is 0 Å². The molecule has 2 amide bonds. The maximum absolute atomic E-state index is 13.4. The number of fused-ring (bicyclic) bond motifs is 1. The molecule has 2 atom stereocenters. The molecule has 1 aliphatic heterocycles. The molecule has 0 radical (unpaired) electrons. The summed E-state index contributed by atoms with van der Waals surface area (Å²) in [5.41, 5.74) is 1.59. The molecular formula is C21H25N3O4. The second-order valence-electron chi connectivity index (χ2n) is 7.08. The lowest BCUT2D eigenvalue weighted by atomic mass is 9.96. The third-order valence-corrected chi connectivity index (χ3v) is 5.24.